The van der Waals surface area contributed by atoms with Gasteiger partial charge in [0, 0.05) is 12.4 Å². The molecule has 0 aromatic carbocycles. The number of hydrogen-bond donors (Lipinski definition) is 1. The molecule has 1 unspecified atom stereocenters. The average molecular weight is 190 g/mol. The van der Waals surface area contributed by atoms with Crippen molar-refractivity contribution in [3.63, 3.8) is 0 Å². The molecule has 1 N–H and O–H groups in total. The van der Waals surface area contributed by atoms with E-state index in [9.17, 15) is 0 Å². The van der Waals surface area contributed by atoms with Gasteiger partial charge in [-0.3, -0.25) is 4.68 Å². The molecule has 2 rings (SSSR count). The van der Waals surface area contributed by atoms with E-state index in [0.29, 0.717) is 0 Å². The minimum Gasteiger partial charge on any atom is -0.467 e. The van der Waals surface area contributed by atoms with E-state index in [1.54, 1.807) is 6.26 Å². The van der Waals surface area contributed by atoms with E-state index in [4.69, 9.17) is 4.42 Å². The quantitative estimate of drug-likeness (QED) is 0.803. The molecule has 3 heteroatoms. The van der Waals surface area contributed by atoms with Crippen LogP contribution in [0.3, 0.4) is 0 Å². The number of aromatic nitrogens is 1. The van der Waals surface area contributed by atoms with Crippen LogP contribution in [0.2, 0.25) is 0 Å². The molecular weight excluding hydrogens is 176 g/mol. The van der Waals surface area contributed by atoms with Crippen molar-refractivity contribution in [2.45, 2.75) is 19.4 Å². The molecule has 1 atom stereocenters. The maximum absolute atomic E-state index is 5.36. The van der Waals surface area contributed by atoms with Crippen LogP contribution < -0.4 is 5.43 Å². The highest BCUT2D eigenvalue weighted by Crippen LogP contribution is 2.17. The lowest BCUT2D eigenvalue weighted by atomic mass is 10.2. The largest absolute Gasteiger partial charge is 0.467 e. The standard InChI is InChI=1S/C11H14N2O/c1-2-10(11-6-5-9-14-11)12-13-7-3-4-8-13/h3-10,12H,2H2,1H3. The van der Waals surface area contributed by atoms with Crippen LogP contribution in [0.15, 0.2) is 47.3 Å². The molecule has 0 radical (unpaired) electrons. The lowest BCUT2D eigenvalue weighted by Crippen LogP contribution is -2.18. The van der Waals surface area contributed by atoms with Gasteiger partial charge in [-0.2, -0.15) is 0 Å². The molecule has 0 aliphatic heterocycles. The lowest BCUT2D eigenvalue weighted by Gasteiger charge is -2.16. The molecule has 2 aromatic rings. The summed E-state index contributed by atoms with van der Waals surface area (Å²) in [4.78, 5) is 0. The van der Waals surface area contributed by atoms with Crippen LogP contribution in [0.4, 0.5) is 0 Å². The third-order valence-corrected chi connectivity index (χ3v) is 2.20. The van der Waals surface area contributed by atoms with Gasteiger partial charge in [0.05, 0.1) is 12.3 Å². The van der Waals surface area contributed by atoms with Gasteiger partial charge in [0.15, 0.2) is 0 Å². The second kappa shape index (κ2) is 4.05. The fourth-order valence-electron chi connectivity index (χ4n) is 1.45. The minimum absolute atomic E-state index is 0.234. The predicted molar refractivity (Wildman–Crippen MR) is 55.5 cm³/mol. The maximum atomic E-state index is 5.36. The van der Waals surface area contributed by atoms with Gasteiger partial charge in [0.1, 0.15) is 5.76 Å². The monoisotopic (exact) mass is 190 g/mol. The Morgan fingerprint density at radius 1 is 1.36 bits per heavy atom. The molecule has 2 aromatic heterocycles. The van der Waals surface area contributed by atoms with Crippen molar-refractivity contribution in [3.8, 4) is 0 Å². The van der Waals surface area contributed by atoms with Gasteiger partial charge in [-0.15, -0.1) is 0 Å². The number of nitrogens with zero attached hydrogens (tertiary/aromatic N) is 1. The molecule has 0 spiro atoms. The maximum Gasteiger partial charge on any atom is 0.127 e. The molecule has 0 saturated carbocycles. The van der Waals surface area contributed by atoms with Crippen molar-refractivity contribution in [1.29, 1.82) is 0 Å². The normalized spacial score (nSPS) is 12.6. The molecule has 14 heavy (non-hydrogen) atoms. The van der Waals surface area contributed by atoms with Crippen molar-refractivity contribution < 1.29 is 4.42 Å². The predicted octanol–water partition coefficient (Wildman–Crippen LogP) is 2.78. The molecule has 0 aliphatic rings. The summed E-state index contributed by atoms with van der Waals surface area (Å²) in [6.07, 6.45) is 6.65. The summed E-state index contributed by atoms with van der Waals surface area (Å²) in [5.74, 6) is 0.973. The Labute approximate surface area is 83.3 Å². The Morgan fingerprint density at radius 2 is 2.14 bits per heavy atom. The molecule has 0 fully saturated rings. The third kappa shape index (κ3) is 1.82. The molecule has 0 bridgehead atoms. The highest BCUT2D eigenvalue weighted by atomic mass is 16.3. The van der Waals surface area contributed by atoms with Crippen molar-refractivity contribution in [2.75, 3.05) is 5.43 Å². The first-order valence-electron chi connectivity index (χ1n) is 4.83. The molecule has 0 aliphatic carbocycles. The van der Waals surface area contributed by atoms with Gasteiger partial charge >= 0.3 is 0 Å². The highest BCUT2D eigenvalue weighted by Gasteiger charge is 2.10. The molecule has 74 valence electrons. The number of furan rings is 1. The number of nitrogens with one attached hydrogen (secondary N) is 1. The fourth-order valence-corrected chi connectivity index (χ4v) is 1.45. The summed E-state index contributed by atoms with van der Waals surface area (Å²) >= 11 is 0. The van der Waals surface area contributed by atoms with Crippen molar-refractivity contribution in [3.05, 3.63) is 48.7 Å². The number of rotatable bonds is 4. The summed E-state index contributed by atoms with van der Waals surface area (Å²) < 4.78 is 7.30. The topological polar surface area (TPSA) is 30.1 Å². The smallest absolute Gasteiger partial charge is 0.127 e. The second-order valence-electron chi connectivity index (χ2n) is 3.20. The van der Waals surface area contributed by atoms with Gasteiger partial charge in [0.2, 0.25) is 0 Å². The van der Waals surface area contributed by atoms with Crippen LogP contribution >= 0.6 is 0 Å². The number of hydrogen-bond acceptors (Lipinski definition) is 2. The second-order valence-corrected chi connectivity index (χ2v) is 3.20. The Morgan fingerprint density at radius 3 is 2.71 bits per heavy atom. The summed E-state index contributed by atoms with van der Waals surface area (Å²) in [6, 6.07) is 8.11. The molecule has 0 amide bonds. The van der Waals surface area contributed by atoms with Gasteiger partial charge < -0.3 is 9.84 Å². The van der Waals surface area contributed by atoms with Crippen LogP contribution in [-0.4, -0.2) is 4.68 Å². The first-order valence-corrected chi connectivity index (χ1v) is 4.83. The van der Waals surface area contributed by atoms with Crippen molar-refractivity contribution in [1.82, 2.24) is 4.68 Å². The molecule has 2 heterocycles. The summed E-state index contributed by atoms with van der Waals surface area (Å²) in [5, 5.41) is 0. The van der Waals surface area contributed by atoms with Gasteiger partial charge in [-0.05, 0) is 30.7 Å². The summed E-state index contributed by atoms with van der Waals surface area (Å²) in [5.41, 5.74) is 3.33. The van der Waals surface area contributed by atoms with E-state index in [2.05, 4.69) is 12.3 Å². The van der Waals surface area contributed by atoms with E-state index < -0.39 is 0 Å². The lowest BCUT2D eigenvalue weighted by molar-refractivity contribution is 0.458. The van der Waals surface area contributed by atoms with Crippen molar-refractivity contribution in [2.24, 2.45) is 0 Å². The Hall–Kier alpha value is -1.64. The van der Waals surface area contributed by atoms with E-state index in [1.165, 1.54) is 0 Å². The van der Waals surface area contributed by atoms with Gasteiger partial charge in [-0.25, -0.2) is 0 Å². The Balaban J connectivity index is 2.08. The van der Waals surface area contributed by atoms with E-state index >= 15 is 0 Å². The van der Waals surface area contributed by atoms with Crippen LogP contribution in [0, 0.1) is 0 Å². The fraction of sp³-hybridized carbons (Fsp3) is 0.273. The van der Waals surface area contributed by atoms with Crippen LogP contribution in [-0.2, 0) is 0 Å². The summed E-state index contributed by atoms with van der Waals surface area (Å²) in [7, 11) is 0. The molecular formula is C11H14N2O. The van der Waals surface area contributed by atoms with Gasteiger partial charge in [-0.1, -0.05) is 6.92 Å². The molecule has 0 saturated heterocycles. The van der Waals surface area contributed by atoms with Crippen LogP contribution in [0.25, 0.3) is 0 Å². The summed E-state index contributed by atoms with van der Waals surface area (Å²) in [6.45, 7) is 2.13. The zero-order valence-electron chi connectivity index (χ0n) is 8.18. The average Bonchev–Trinajstić information content (AvgIpc) is 2.86. The SMILES string of the molecule is CCC(Nn1cccc1)c1ccco1. The van der Waals surface area contributed by atoms with Gasteiger partial charge in [0.25, 0.3) is 0 Å². The minimum atomic E-state index is 0.234. The highest BCUT2D eigenvalue weighted by molar-refractivity contribution is 5.08. The molecule has 3 nitrogen and oxygen atoms in total. The Bertz CT molecular complexity index is 351. The first-order chi connectivity index (χ1) is 6.90. The van der Waals surface area contributed by atoms with Crippen molar-refractivity contribution >= 4 is 0 Å². The van der Waals surface area contributed by atoms with Crippen LogP contribution in [0.5, 0.6) is 0 Å². The van der Waals surface area contributed by atoms with E-state index in [0.717, 1.165) is 12.2 Å². The zero-order valence-corrected chi connectivity index (χ0v) is 8.18. The third-order valence-electron chi connectivity index (χ3n) is 2.20. The van der Waals surface area contributed by atoms with E-state index in [1.807, 2.05) is 41.3 Å². The Kier molecular flexibility index (Phi) is 2.58. The first kappa shape index (κ1) is 8.94. The van der Waals surface area contributed by atoms with Crippen LogP contribution in [0.1, 0.15) is 25.1 Å². The zero-order chi connectivity index (χ0) is 9.80. The van der Waals surface area contributed by atoms with E-state index in [-0.39, 0.29) is 6.04 Å².